The number of anilines is 1. The number of nitrogens with zero attached hydrogens (tertiary/aromatic N) is 6. The topological polar surface area (TPSA) is 99.1 Å². The largest absolute Gasteiger partial charge is 0.366 e. The highest BCUT2D eigenvalue weighted by Crippen LogP contribution is 2.23. The van der Waals surface area contributed by atoms with Crippen molar-refractivity contribution in [3.05, 3.63) is 51.9 Å². The molecular weight excluding hydrogens is 448 g/mol. The van der Waals surface area contributed by atoms with Crippen LogP contribution in [0.1, 0.15) is 19.8 Å². The van der Waals surface area contributed by atoms with Crippen molar-refractivity contribution in [1.82, 2.24) is 24.5 Å². The Labute approximate surface area is 195 Å². The van der Waals surface area contributed by atoms with Crippen molar-refractivity contribution in [1.29, 1.82) is 0 Å². The summed E-state index contributed by atoms with van der Waals surface area (Å²) in [4.78, 5) is 55.6. The summed E-state index contributed by atoms with van der Waals surface area (Å²) >= 11 is 6.40. The molecule has 0 bridgehead atoms. The van der Waals surface area contributed by atoms with Crippen LogP contribution in [0, 0.1) is 0 Å². The lowest BCUT2D eigenvalue weighted by Gasteiger charge is -2.37. The van der Waals surface area contributed by atoms with Crippen LogP contribution in [-0.2, 0) is 9.59 Å². The average Bonchev–Trinajstić information content (AvgIpc) is 3.03. The van der Waals surface area contributed by atoms with Gasteiger partial charge < -0.3 is 4.90 Å². The molecule has 0 radical (unpaired) electrons. The summed E-state index contributed by atoms with van der Waals surface area (Å²) < 4.78 is 1.26. The van der Waals surface area contributed by atoms with Gasteiger partial charge in [-0.3, -0.25) is 24.2 Å². The molecule has 1 aromatic carbocycles. The second-order valence-electron chi connectivity index (χ2n) is 7.97. The number of hydrogen-bond acceptors (Lipinski definition) is 7. The quantitative estimate of drug-likeness (QED) is 0.445. The third kappa shape index (κ3) is 4.49. The molecule has 0 N–H and O–H groups in total. The fourth-order valence-corrected chi connectivity index (χ4v) is 4.16. The first-order chi connectivity index (χ1) is 15.9. The number of aromatic nitrogens is 2. The Morgan fingerprint density at radius 1 is 0.939 bits per heavy atom. The standard InChI is InChI=1S/C22H25ClN6O4/c1-2-3-9-27-20(31)21(32)28(22(27)33)15-25-10-12-26(13-11-25)17-14-24-29(19(30)18(17)23)16-7-5-4-6-8-16/h4-8,14H,2-3,9-13,15H2,1H3. The van der Waals surface area contributed by atoms with Gasteiger partial charge >= 0.3 is 17.8 Å². The molecule has 1 aromatic heterocycles. The van der Waals surface area contributed by atoms with Gasteiger partial charge in [0.25, 0.3) is 5.56 Å². The van der Waals surface area contributed by atoms with Crippen molar-refractivity contribution < 1.29 is 14.4 Å². The van der Waals surface area contributed by atoms with Crippen molar-refractivity contribution in [3.8, 4) is 5.69 Å². The summed E-state index contributed by atoms with van der Waals surface area (Å²) in [7, 11) is 0. The molecule has 0 unspecified atom stereocenters. The number of urea groups is 1. The van der Waals surface area contributed by atoms with Gasteiger partial charge in [-0.15, -0.1) is 0 Å². The van der Waals surface area contributed by atoms with E-state index in [1.54, 1.807) is 18.3 Å². The maximum atomic E-state index is 12.7. The first-order valence-electron chi connectivity index (χ1n) is 10.9. The third-order valence-electron chi connectivity index (χ3n) is 5.83. The smallest absolute Gasteiger partial charge is 0.335 e. The maximum Gasteiger partial charge on any atom is 0.335 e. The summed E-state index contributed by atoms with van der Waals surface area (Å²) in [5, 5.41) is 4.36. The summed E-state index contributed by atoms with van der Waals surface area (Å²) in [6, 6.07) is 8.48. The van der Waals surface area contributed by atoms with Gasteiger partial charge in [-0.2, -0.15) is 9.78 Å². The minimum atomic E-state index is -0.782. The molecule has 174 valence electrons. The fraction of sp³-hybridized carbons (Fsp3) is 0.409. The van der Waals surface area contributed by atoms with Gasteiger partial charge in [0.15, 0.2) is 0 Å². The van der Waals surface area contributed by atoms with Crippen LogP contribution in [0.15, 0.2) is 41.3 Å². The molecule has 11 heteroatoms. The van der Waals surface area contributed by atoms with E-state index in [0.717, 1.165) is 16.2 Å². The molecule has 0 spiro atoms. The van der Waals surface area contributed by atoms with Crippen LogP contribution in [0.3, 0.4) is 0 Å². The first-order valence-corrected chi connectivity index (χ1v) is 11.3. The zero-order chi connectivity index (χ0) is 23.5. The van der Waals surface area contributed by atoms with Gasteiger partial charge in [0.2, 0.25) is 0 Å². The van der Waals surface area contributed by atoms with E-state index in [0.29, 0.717) is 44.0 Å². The van der Waals surface area contributed by atoms with Gasteiger partial charge in [-0.25, -0.2) is 9.69 Å². The van der Waals surface area contributed by atoms with Crippen LogP contribution < -0.4 is 10.5 Å². The first kappa shape index (κ1) is 22.9. The summed E-state index contributed by atoms with van der Waals surface area (Å²) in [6.45, 7) is 4.37. The lowest BCUT2D eigenvalue weighted by Crippen LogP contribution is -2.51. The predicted molar refractivity (Wildman–Crippen MR) is 122 cm³/mol. The summed E-state index contributed by atoms with van der Waals surface area (Å²) in [5.41, 5.74) is 0.771. The van der Waals surface area contributed by atoms with E-state index in [4.69, 9.17) is 11.6 Å². The Balaban J connectivity index is 1.40. The molecule has 4 rings (SSSR count). The molecule has 2 fully saturated rings. The van der Waals surface area contributed by atoms with Gasteiger partial charge in [-0.05, 0) is 18.6 Å². The van der Waals surface area contributed by atoms with Gasteiger partial charge in [0.05, 0.1) is 24.2 Å². The molecule has 2 saturated heterocycles. The highest BCUT2D eigenvalue weighted by atomic mass is 35.5. The van der Waals surface area contributed by atoms with Gasteiger partial charge in [0.1, 0.15) is 5.02 Å². The molecule has 2 aliphatic rings. The summed E-state index contributed by atoms with van der Waals surface area (Å²) in [5.74, 6) is -1.54. The molecule has 0 aliphatic carbocycles. The summed E-state index contributed by atoms with van der Waals surface area (Å²) in [6.07, 6.45) is 3.06. The number of carbonyl (C=O) groups is 3. The minimum Gasteiger partial charge on any atom is -0.366 e. The van der Waals surface area contributed by atoms with E-state index in [2.05, 4.69) is 5.10 Å². The maximum absolute atomic E-state index is 12.7. The van der Waals surface area contributed by atoms with E-state index in [-0.39, 0.29) is 18.2 Å². The van der Waals surface area contributed by atoms with Crippen molar-refractivity contribution in [2.24, 2.45) is 0 Å². The number of imide groups is 2. The zero-order valence-electron chi connectivity index (χ0n) is 18.3. The molecule has 2 aliphatic heterocycles. The number of carbonyl (C=O) groups excluding carboxylic acids is 3. The third-order valence-corrected chi connectivity index (χ3v) is 6.18. The van der Waals surface area contributed by atoms with Crippen molar-refractivity contribution in [3.63, 3.8) is 0 Å². The number of halogens is 1. The Bertz CT molecular complexity index is 1110. The van der Waals surface area contributed by atoms with E-state index >= 15 is 0 Å². The molecule has 3 heterocycles. The Hall–Kier alpha value is -3.24. The number of amides is 4. The Morgan fingerprint density at radius 3 is 2.27 bits per heavy atom. The second kappa shape index (κ2) is 9.72. The molecule has 2 aromatic rings. The SMILES string of the molecule is CCCCN1C(=O)C(=O)N(CN2CCN(c3cnn(-c4ccccc4)c(=O)c3Cl)CC2)C1=O. The van der Waals surface area contributed by atoms with Gasteiger partial charge in [0, 0.05) is 32.7 Å². The van der Waals surface area contributed by atoms with Crippen molar-refractivity contribution in [2.45, 2.75) is 19.8 Å². The normalized spacial score (nSPS) is 17.4. The molecule has 33 heavy (non-hydrogen) atoms. The molecule has 0 saturated carbocycles. The van der Waals surface area contributed by atoms with Crippen LogP contribution >= 0.6 is 11.6 Å². The lowest BCUT2D eigenvalue weighted by molar-refractivity contribution is -0.144. The van der Waals surface area contributed by atoms with Gasteiger partial charge in [-0.1, -0.05) is 43.1 Å². The number of rotatable bonds is 7. The van der Waals surface area contributed by atoms with E-state index < -0.39 is 23.4 Å². The van der Waals surface area contributed by atoms with E-state index in [1.165, 1.54) is 4.68 Å². The lowest BCUT2D eigenvalue weighted by atomic mass is 10.3. The number of benzene rings is 1. The Kier molecular flexibility index (Phi) is 6.75. The average molecular weight is 473 g/mol. The second-order valence-corrected chi connectivity index (χ2v) is 8.35. The number of unbranched alkanes of at least 4 members (excludes halogenated alkanes) is 1. The van der Waals surface area contributed by atoms with Crippen LogP contribution in [0.4, 0.5) is 10.5 Å². The highest BCUT2D eigenvalue weighted by Gasteiger charge is 2.44. The number of para-hydroxylation sites is 1. The zero-order valence-corrected chi connectivity index (χ0v) is 19.1. The van der Waals surface area contributed by atoms with E-state index in [9.17, 15) is 19.2 Å². The monoisotopic (exact) mass is 472 g/mol. The molecule has 4 amide bonds. The van der Waals surface area contributed by atoms with E-state index in [1.807, 2.05) is 34.9 Å². The van der Waals surface area contributed by atoms with Crippen LogP contribution in [0.2, 0.25) is 5.02 Å². The number of piperazine rings is 1. The van der Waals surface area contributed by atoms with Crippen LogP contribution in [0.25, 0.3) is 5.69 Å². The fourth-order valence-electron chi connectivity index (χ4n) is 3.92. The molecule has 10 nitrogen and oxygen atoms in total. The predicted octanol–water partition coefficient (Wildman–Crippen LogP) is 1.56. The van der Waals surface area contributed by atoms with Crippen LogP contribution in [-0.4, -0.2) is 81.7 Å². The van der Waals surface area contributed by atoms with Crippen molar-refractivity contribution >= 4 is 35.1 Å². The Morgan fingerprint density at radius 2 is 1.61 bits per heavy atom. The van der Waals surface area contributed by atoms with Crippen molar-refractivity contribution in [2.75, 3.05) is 44.3 Å². The van der Waals surface area contributed by atoms with Crippen LogP contribution in [0.5, 0.6) is 0 Å². The molecule has 0 atom stereocenters. The highest BCUT2D eigenvalue weighted by molar-refractivity contribution is 6.44. The number of hydrogen-bond donors (Lipinski definition) is 0. The minimum absolute atomic E-state index is 0.0570. The molecular formula is C22H25ClN6O4.